The van der Waals surface area contributed by atoms with E-state index in [1.807, 2.05) is 0 Å². The lowest BCUT2D eigenvalue weighted by Gasteiger charge is -2.05. The third-order valence-corrected chi connectivity index (χ3v) is 2.68. The number of fused-ring (bicyclic) bond motifs is 1. The van der Waals surface area contributed by atoms with Crippen LogP contribution in [0.2, 0.25) is 0 Å². The van der Waals surface area contributed by atoms with Gasteiger partial charge in [-0.15, -0.1) is 11.3 Å². The summed E-state index contributed by atoms with van der Waals surface area (Å²) >= 11 is 1.24. The van der Waals surface area contributed by atoms with Crippen LogP contribution >= 0.6 is 11.3 Å². The third-order valence-electron chi connectivity index (χ3n) is 1.76. The highest BCUT2D eigenvalue weighted by atomic mass is 32.1. The van der Waals surface area contributed by atoms with E-state index in [0.29, 0.717) is 9.71 Å². The average Bonchev–Trinajstić information content (AvgIpc) is 2.41. The van der Waals surface area contributed by atoms with E-state index in [4.69, 9.17) is 0 Å². The van der Waals surface area contributed by atoms with Gasteiger partial charge < -0.3 is 0 Å². The van der Waals surface area contributed by atoms with Crippen LogP contribution < -0.4 is 0 Å². The number of rotatable bonds is 0. The van der Waals surface area contributed by atoms with E-state index in [-0.39, 0.29) is 5.52 Å². The molecule has 0 bridgehead atoms. The number of aromatic nitrogens is 1. The van der Waals surface area contributed by atoms with Gasteiger partial charge in [0.1, 0.15) is 0 Å². The summed E-state index contributed by atoms with van der Waals surface area (Å²) in [5.41, 5.74) is -0.682. The second-order valence-corrected chi connectivity index (χ2v) is 4.05. The molecule has 0 saturated carbocycles. The lowest BCUT2D eigenvalue weighted by atomic mass is 10.2. The van der Waals surface area contributed by atoms with Crippen molar-refractivity contribution in [2.45, 2.75) is 13.1 Å². The molecule has 1 aromatic heterocycles. The number of nitrogens with zero attached hydrogens (tertiary/aromatic N) is 1. The van der Waals surface area contributed by atoms with Crippen molar-refractivity contribution >= 4 is 21.6 Å². The maximum Gasteiger partial charge on any atom is 0.418 e. The molecule has 0 fully saturated rings. The zero-order valence-electron chi connectivity index (χ0n) is 7.14. The first kappa shape index (κ1) is 9.45. The Kier molecular flexibility index (Phi) is 1.99. The molecule has 0 saturated heterocycles. The highest BCUT2D eigenvalue weighted by Crippen LogP contribution is 2.35. The van der Waals surface area contributed by atoms with Gasteiger partial charge >= 0.3 is 6.18 Å². The third kappa shape index (κ3) is 1.48. The maximum atomic E-state index is 12.5. The standard InChI is InChI=1S/C9H5F3NS/c1-5-13-8-6(9(10,11)12)3-2-4-7(8)14-5/h3-4H,1H3. The van der Waals surface area contributed by atoms with Gasteiger partial charge in [0.25, 0.3) is 0 Å². The van der Waals surface area contributed by atoms with Crippen molar-refractivity contribution in [3.63, 3.8) is 0 Å². The molecule has 0 spiro atoms. The summed E-state index contributed by atoms with van der Waals surface area (Å²) in [5.74, 6) is 0. The van der Waals surface area contributed by atoms with Crippen molar-refractivity contribution in [2.24, 2.45) is 0 Å². The minimum absolute atomic E-state index is 0.0266. The number of aryl methyl sites for hydroxylation is 1. The van der Waals surface area contributed by atoms with Crippen molar-refractivity contribution in [3.05, 3.63) is 28.8 Å². The first-order valence-corrected chi connectivity index (χ1v) is 4.64. The van der Waals surface area contributed by atoms with Crippen LogP contribution in [0.25, 0.3) is 10.2 Å². The van der Waals surface area contributed by atoms with Crippen molar-refractivity contribution in [1.82, 2.24) is 4.98 Å². The van der Waals surface area contributed by atoms with Crippen LogP contribution in [0.15, 0.2) is 12.1 Å². The topological polar surface area (TPSA) is 12.9 Å². The molecule has 1 heterocycles. The smallest absolute Gasteiger partial charge is 0.241 e. The van der Waals surface area contributed by atoms with Gasteiger partial charge in [-0.1, -0.05) is 0 Å². The van der Waals surface area contributed by atoms with Crippen LogP contribution in [-0.4, -0.2) is 4.98 Å². The van der Waals surface area contributed by atoms with Crippen LogP contribution in [0.5, 0.6) is 0 Å². The van der Waals surface area contributed by atoms with Crippen molar-refractivity contribution in [3.8, 4) is 0 Å². The second-order valence-electron chi connectivity index (χ2n) is 2.81. The molecule has 2 aromatic rings. The number of hydrogen-bond acceptors (Lipinski definition) is 2. The summed E-state index contributed by atoms with van der Waals surface area (Å²) in [7, 11) is 0. The Morgan fingerprint density at radius 2 is 2.07 bits per heavy atom. The Balaban J connectivity index is 2.77. The Morgan fingerprint density at radius 1 is 1.36 bits per heavy atom. The van der Waals surface area contributed by atoms with Crippen LogP contribution in [0, 0.1) is 13.0 Å². The van der Waals surface area contributed by atoms with E-state index < -0.39 is 11.7 Å². The van der Waals surface area contributed by atoms with E-state index in [1.165, 1.54) is 17.4 Å². The quantitative estimate of drug-likeness (QED) is 0.657. The fourth-order valence-corrected chi connectivity index (χ4v) is 2.05. The van der Waals surface area contributed by atoms with Crippen LogP contribution in [0.1, 0.15) is 10.6 Å². The van der Waals surface area contributed by atoms with Gasteiger partial charge in [-0.25, -0.2) is 4.98 Å². The fraction of sp³-hybridized carbons (Fsp3) is 0.222. The van der Waals surface area contributed by atoms with Crippen LogP contribution in [0.4, 0.5) is 13.2 Å². The van der Waals surface area contributed by atoms with Crippen LogP contribution in [-0.2, 0) is 6.18 Å². The van der Waals surface area contributed by atoms with Gasteiger partial charge in [0.2, 0.25) is 0 Å². The number of thiazole rings is 1. The predicted molar refractivity (Wildman–Crippen MR) is 48.2 cm³/mol. The molecule has 0 atom stereocenters. The lowest BCUT2D eigenvalue weighted by molar-refractivity contribution is -0.136. The maximum absolute atomic E-state index is 12.5. The summed E-state index contributed by atoms with van der Waals surface area (Å²) in [5, 5.41) is 0.630. The summed E-state index contributed by atoms with van der Waals surface area (Å²) in [4.78, 5) is 3.86. The first-order chi connectivity index (χ1) is 6.48. The summed E-state index contributed by atoms with van der Waals surface area (Å²) in [6.07, 6.45) is -4.35. The zero-order valence-corrected chi connectivity index (χ0v) is 7.96. The van der Waals surface area contributed by atoms with Crippen molar-refractivity contribution < 1.29 is 13.2 Å². The Morgan fingerprint density at radius 3 is 2.71 bits per heavy atom. The van der Waals surface area contributed by atoms with Crippen molar-refractivity contribution in [2.75, 3.05) is 0 Å². The molecule has 1 radical (unpaired) electrons. The van der Waals surface area contributed by atoms with Gasteiger partial charge in [-0.2, -0.15) is 13.2 Å². The molecule has 1 aromatic carbocycles. The molecular formula is C9H5F3NS. The second kappa shape index (κ2) is 2.95. The predicted octanol–water partition coefficient (Wildman–Crippen LogP) is 3.42. The lowest BCUT2D eigenvalue weighted by Crippen LogP contribution is -2.05. The Bertz CT molecular complexity index is 472. The molecule has 5 heteroatoms. The molecule has 0 N–H and O–H groups in total. The molecule has 0 unspecified atom stereocenters. The van der Waals surface area contributed by atoms with E-state index in [1.54, 1.807) is 6.92 Å². The van der Waals surface area contributed by atoms with Crippen LogP contribution in [0.3, 0.4) is 0 Å². The largest absolute Gasteiger partial charge is 0.418 e. The monoisotopic (exact) mass is 216 g/mol. The van der Waals surface area contributed by atoms with E-state index in [9.17, 15) is 13.2 Å². The number of benzene rings is 1. The van der Waals surface area contributed by atoms with E-state index >= 15 is 0 Å². The Hall–Kier alpha value is -1.10. The van der Waals surface area contributed by atoms with Gasteiger partial charge in [-0.3, -0.25) is 0 Å². The highest BCUT2D eigenvalue weighted by Gasteiger charge is 2.33. The highest BCUT2D eigenvalue weighted by molar-refractivity contribution is 7.18. The minimum atomic E-state index is -4.35. The number of alkyl halides is 3. The minimum Gasteiger partial charge on any atom is -0.241 e. The van der Waals surface area contributed by atoms with Gasteiger partial charge in [-0.05, 0) is 25.1 Å². The van der Waals surface area contributed by atoms with Crippen molar-refractivity contribution in [1.29, 1.82) is 0 Å². The number of halogens is 3. The number of hydrogen-bond donors (Lipinski definition) is 0. The summed E-state index contributed by atoms with van der Waals surface area (Å²) in [6.45, 7) is 1.69. The molecule has 0 aliphatic rings. The van der Waals surface area contributed by atoms with Gasteiger partial charge in [0, 0.05) is 0 Å². The molecular weight excluding hydrogens is 211 g/mol. The molecule has 1 nitrogen and oxygen atoms in total. The normalized spacial score (nSPS) is 12.3. The fourth-order valence-electron chi connectivity index (χ4n) is 1.22. The SMILES string of the molecule is Cc1nc2c(C(F)(F)F)c[c]cc2s1. The molecule has 2 rings (SSSR count). The van der Waals surface area contributed by atoms with E-state index in [2.05, 4.69) is 11.1 Å². The van der Waals surface area contributed by atoms with Gasteiger partial charge in [0.15, 0.2) is 0 Å². The zero-order chi connectivity index (χ0) is 10.3. The molecule has 73 valence electrons. The average molecular weight is 216 g/mol. The Labute approximate surface area is 82.2 Å². The summed E-state index contributed by atoms with van der Waals surface area (Å²) < 4.78 is 37.9. The van der Waals surface area contributed by atoms with Gasteiger partial charge in [0.05, 0.1) is 20.8 Å². The molecule has 0 aliphatic heterocycles. The molecule has 14 heavy (non-hydrogen) atoms. The first-order valence-electron chi connectivity index (χ1n) is 3.83. The summed E-state index contributed by atoms with van der Waals surface area (Å²) in [6, 6.07) is 4.93. The molecule has 0 aliphatic carbocycles. The van der Waals surface area contributed by atoms with E-state index in [0.717, 1.165) is 6.07 Å². The molecule has 0 amide bonds.